The second-order valence-electron chi connectivity index (χ2n) is 6.80. The minimum Gasteiger partial charge on any atom is -0.333 e. The van der Waals surface area contributed by atoms with Gasteiger partial charge in [0.25, 0.3) is 0 Å². The standard InChI is InChI=1S/C24H20N2O2/c27-23-20-13-7-8-14-22(20)25-15-21(23)24(28)26(16-18-9-3-1-4-10-18)17-19-11-5-2-6-12-19/h1-15,21H,16-17H2. The maximum atomic E-state index is 13.3. The van der Waals surface area contributed by atoms with E-state index in [0.717, 1.165) is 11.1 Å². The summed E-state index contributed by atoms with van der Waals surface area (Å²) >= 11 is 0. The topological polar surface area (TPSA) is 49.7 Å². The van der Waals surface area contributed by atoms with Crippen LogP contribution in [0.25, 0.3) is 0 Å². The molecular weight excluding hydrogens is 348 g/mol. The van der Waals surface area contributed by atoms with Crippen LogP contribution in [0.15, 0.2) is 89.9 Å². The van der Waals surface area contributed by atoms with E-state index in [9.17, 15) is 9.59 Å². The summed E-state index contributed by atoms with van der Waals surface area (Å²) in [7, 11) is 0. The number of hydrogen-bond acceptors (Lipinski definition) is 3. The molecular formula is C24H20N2O2. The Hall–Kier alpha value is -3.53. The van der Waals surface area contributed by atoms with E-state index in [-0.39, 0.29) is 11.7 Å². The van der Waals surface area contributed by atoms with Crippen LogP contribution in [0.1, 0.15) is 21.5 Å². The molecule has 138 valence electrons. The van der Waals surface area contributed by atoms with Crippen molar-refractivity contribution in [2.24, 2.45) is 10.9 Å². The van der Waals surface area contributed by atoms with Crippen LogP contribution in [0.5, 0.6) is 0 Å². The predicted octanol–water partition coefficient (Wildman–Crippen LogP) is 4.43. The van der Waals surface area contributed by atoms with Crippen molar-refractivity contribution in [1.82, 2.24) is 4.90 Å². The summed E-state index contributed by atoms with van der Waals surface area (Å²) in [5.41, 5.74) is 3.16. The van der Waals surface area contributed by atoms with E-state index in [1.165, 1.54) is 6.21 Å². The fourth-order valence-electron chi connectivity index (χ4n) is 3.38. The molecule has 4 nitrogen and oxygen atoms in total. The number of carbonyl (C=O) groups excluding carboxylic acids is 2. The number of nitrogens with zero attached hydrogens (tertiary/aromatic N) is 2. The zero-order chi connectivity index (χ0) is 19.3. The van der Waals surface area contributed by atoms with Crippen LogP contribution in [0, 0.1) is 5.92 Å². The van der Waals surface area contributed by atoms with Crippen molar-refractivity contribution in [3.8, 4) is 0 Å². The third-order valence-corrected chi connectivity index (χ3v) is 4.82. The lowest BCUT2D eigenvalue weighted by Crippen LogP contribution is -2.40. The van der Waals surface area contributed by atoms with Gasteiger partial charge in [0, 0.05) is 24.9 Å². The van der Waals surface area contributed by atoms with E-state index >= 15 is 0 Å². The summed E-state index contributed by atoms with van der Waals surface area (Å²) in [6, 6.07) is 26.8. The van der Waals surface area contributed by atoms with Gasteiger partial charge in [0.15, 0.2) is 5.78 Å². The van der Waals surface area contributed by atoms with Gasteiger partial charge in [-0.05, 0) is 23.3 Å². The fraction of sp³-hybridized carbons (Fsp3) is 0.125. The number of rotatable bonds is 5. The van der Waals surface area contributed by atoms with E-state index in [1.54, 1.807) is 23.1 Å². The molecule has 0 aromatic heterocycles. The second kappa shape index (κ2) is 8.01. The minimum atomic E-state index is -0.887. The van der Waals surface area contributed by atoms with Crippen LogP contribution >= 0.6 is 0 Å². The van der Waals surface area contributed by atoms with Gasteiger partial charge in [0.05, 0.1) is 5.69 Å². The van der Waals surface area contributed by atoms with Gasteiger partial charge < -0.3 is 4.90 Å². The lowest BCUT2D eigenvalue weighted by Gasteiger charge is -2.27. The quantitative estimate of drug-likeness (QED) is 0.626. The molecule has 0 radical (unpaired) electrons. The molecule has 0 spiro atoms. The van der Waals surface area contributed by atoms with Crippen LogP contribution in [0.2, 0.25) is 0 Å². The van der Waals surface area contributed by atoms with Gasteiger partial charge in [-0.3, -0.25) is 14.6 Å². The average Bonchev–Trinajstić information content (AvgIpc) is 2.75. The maximum absolute atomic E-state index is 13.3. The molecule has 3 aromatic carbocycles. The molecule has 1 amide bonds. The molecule has 1 heterocycles. The lowest BCUT2D eigenvalue weighted by atomic mass is 9.93. The van der Waals surface area contributed by atoms with E-state index in [0.29, 0.717) is 24.3 Å². The first-order valence-electron chi connectivity index (χ1n) is 9.26. The molecule has 1 aliphatic rings. The van der Waals surface area contributed by atoms with Gasteiger partial charge in [0.1, 0.15) is 5.92 Å². The van der Waals surface area contributed by atoms with Crippen LogP contribution in [0.3, 0.4) is 0 Å². The summed E-state index contributed by atoms with van der Waals surface area (Å²) in [4.78, 5) is 32.3. The Morgan fingerprint density at radius 2 is 1.32 bits per heavy atom. The van der Waals surface area contributed by atoms with E-state index in [2.05, 4.69) is 4.99 Å². The van der Waals surface area contributed by atoms with E-state index in [4.69, 9.17) is 0 Å². The molecule has 0 saturated heterocycles. The first-order valence-corrected chi connectivity index (χ1v) is 9.26. The Bertz CT molecular complexity index is 972. The van der Waals surface area contributed by atoms with Crippen molar-refractivity contribution in [2.75, 3.05) is 0 Å². The van der Waals surface area contributed by atoms with E-state index < -0.39 is 5.92 Å². The molecule has 1 unspecified atom stereocenters. The van der Waals surface area contributed by atoms with Crippen LogP contribution in [-0.2, 0) is 17.9 Å². The lowest BCUT2D eigenvalue weighted by molar-refractivity contribution is -0.133. The average molecular weight is 368 g/mol. The maximum Gasteiger partial charge on any atom is 0.239 e. The number of benzene rings is 3. The number of aliphatic imine (C=N–C) groups is 1. The molecule has 28 heavy (non-hydrogen) atoms. The van der Waals surface area contributed by atoms with Crippen molar-refractivity contribution in [3.63, 3.8) is 0 Å². The van der Waals surface area contributed by atoms with Gasteiger partial charge in [0.2, 0.25) is 5.91 Å². The van der Waals surface area contributed by atoms with Gasteiger partial charge in [-0.1, -0.05) is 72.8 Å². The Morgan fingerprint density at radius 3 is 1.93 bits per heavy atom. The van der Waals surface area contributed by atoms with Crippen molar-refractivity contribution in [2.45, 2.75) is 13.1 Å². The molecule has 3 aromatic rings. The highest BCUT2D eigenvalue weighted by Gasteiger charge is 2.33. The Balaban J connectivity index is 1.62. The zero-order valence-corrected chi connectivity index (χ0v) is 15.4. The third-order valence-electron chi connectivity index (χ3n) is 4.82. The number of hydrogen-bond donors (Lipinski definition) is 0. The largest absolute Gasteiger partial charge is 0.333 e. The summed E-state index contributed by atoms with van der Waals surface area (Å²) < 4.78 is 0. The highest BCUT2D eigenvalue weighted by molar-refractivity contribution is 6.23. The second-order valence-corrected chi connectivity index (χ2v) is 6.80. The highest BCUT2D eigenvalue weighted by atomic mass is 16.2. The molecule has 1 atom stereocenters. The number of para-hydroxylation sites is 1. The molecule has 0 N–H and O–H groups in total. The van der Waals surface area contributed by atoms with Crippen LogP contribution in [-0.4, -0.2) is 22.8 Å². The number of amides is 1. The minimum absolute atomic E-state index is 0.193. The normalized spacial score (nSPS) is 15.1. The summed E-state index contributed by atoms with van der Waals surface area (Å²) in [6.45, 7) is 0.877. The monoisotopic (exact) mass is 368 g/mol. The molecule has 0 aliphatic carbocycles. The summed E-state index contributed by atoms with van der Waals surface area (Å²) in [6.07, 6.45) is 1.48. The van der Waals surface area contributed by atoms with Crippen LogP contribution < -0.4 is 0 Å². The van der Waals surface area contributed by atoms with E-state index in [1.807, 2.05) is 66.7 Å². The molecule has 4 heteroatoms. The van der Waals surface area contributed by atoms with Crippen molar-refractivity contribution < 1.29 is 9.59 Å². The van der Waals surface area contributed by atoms with Gasteiger partial charge >= 0.3 is 0 Å². The zero-order valence-electron chi connectivity index (χ0n) is 15.4. The Labute approximate surface area is 164 Å². The smallest absolute Gasteiger partial charge is 0.239 e. The van der Waals surface area contributed by atoms with Crippen molar-refractivity contribution in [1.29, 1.82) is 0 Å². The Kier molecular flexibility index (Phi) is 5.11. The Morgan fingerprint density at radius 1 is 0.786 bits per heavy atom. The van der Waals surface area contributed by atoms with Crippen LogP contribution in [0.4, 0.5) is 5.69 Å². The third kappa shape index (κ3) is 3.76. The predicted molar refractivity (Wildman–Crippen MR) is 110 cm³/mol. The first kappa shape index (κ1) is 17.9. The summed E-state index contributed by atoms with van der Waals surface area (Å²) in [5.74, 6) is -1.31. The number of fused-ring (bicyclic) bond motifs is 1. The number of ketones is 1. The molecule has 1 aliphatic heterocycles. The molecule has 0 bridgehead atoms. The molecule has 4 rings (SSSR count). The van der Waals surface area contributed by atoms with Crippen molar-refractivity contribution in [3.05, 3.63) is 102 Å². The number of Topliss-reactive ketones (excluding diaryl/α,β-unsaturated/α-hetero) is 1. The SMILES string of the molecule is O=C1c2ccccc2N=CC1C(=O)N(Cc1ccccc1)Cc1ccccc1. The molecule has 0 saturated carbocycles. The van der Waals surface area contributed by atoms with Crippen molar-refractivity contribution >= 4 is 23.6 Å². The summed E-state index contributed by atoms with van der Waals surface area (Å²) in [5, 5.41) is 0. The van der Waals surface area contributed by atoms with Gasteiger partial charge in [-0.15, -0.1) is 0 Å². The van der Waals surface area contributed by atoms with Gasteiger partial charge in [-0.2, -0.15) is 0 Å². The van der Waals surface area contributed by atoms with Gasteiger partial charge in [-0.25, -0.2) is 0 Å². The molecule has 0 fully saturated rings. The first-order chi connectivity index (χ1) is 13.7. The fourth-order valence-corrected chi connectivity index (χ4v) is 3.38. The number of carbonyl (C=O) groups is 2. The highest BCUT2D eigenvalue weighted by Crippen LogP contribution is 2.27.